The Balaban J connectivity index is 0.000000723. The fourth-order valence-electron chi connectivity index (χ4n) is 7.40. The highest BCUT2D eigenvalue weighted by Crippen LogP contribution is 2.62. The molecule has 0 amide bonds. The second-order valence-corrected chi connectivity index (χ2v) is 22.2. The summed E-state index contributed by atoms with van der Waals surface area (Å²) in [7, 11) is -3.05. The summed E-state index contributed by atoms with van der Waals surface area (Å²) >= 11 is 6.22. The van der Waals surface area contributed by atoms with Gasteiger partial charge in [0.25, 0.3) is 10.1 Å². The number of nitrogens with one attached hydrogen (secondary N) is 1. The molecule has 0 aliphatic carbocycles. The number of nitrogens with zero attached hydrogens (tertiary/aromatic N) is 3. The molecule has 2 aliphatic heterocycles. The van der Waals surface area contributed by atoms with Gasteiger partial charge in [0, 0.05) is 50.6 Å². The molecule has 480 valence electrons. The van der Waals surface area contributed by atoms with Crippen molar-refractivity contribution in [3.8, 4) is 0 Å². The molecule has 1 aromatic heterocycles. The van der Waals surface area contributed by atoms with Gasteiger partial charge in [-0.1, -0.05) is 96.7 Å². The molecule has 1 N–H and O–H groups in total. The largest absolute Gasteiger partial charge is 0.460 e. The van der Waals surface area contributed by atoms with Crippen LogP contribution < -0.4 is 4.90 Å². The van der Waals surface area contributed by atoms with Crippen LogP contribution in [-0.4, -0.2) is 131 Å². The summed E-state index contributed by atoms with van der Waals surface area (Å²) < 4.78 is 372. The molecule has 3 rings (SSSR count). The van der Waals surface area contributed by atoms with Crippen molar-refractivity contribution in [2.45, 2.75) is 220 Å². The minimum absolute atomic E-state index is 0.196. The van der Waals surface area contributed by atoms with Gasteiger partial charge >= 0.3 is 71.6 Å². The summed E-state index contributed by atoms with van der Waals surface area (Å²) in [5.41, 5.74) is -0.631. The molecule has 2 aliphatic rings. The van der Waals surface area contributed by atoms with Gasteiger partial charge in [-0.05, 0) is 44.3 Å². The zero-order valence-corrected chi connectivity index (χ0v) is 45.9. The van der Waals surface area contributed by atoms with Crippen LogP contribution in [0.5, 0.6) is 0 Å². The van der Waals surface area contributed by atoms with Gasteiger partial charge in [-0.25, -0.2) is 0 Å². The second-order valence-electron chi connectivity index (χ2n) is 18.9. The van der Waals surface area contributed by atoms with Crippen LogP contribution in [-0.2, 0) is 27.4 Å². The predicted molar refractivity (Wildman–Crippen MR) is 248 cm³/mol. The highest BCUT2D eigenvalue weighted by molar-refractivity contribution is 7.99. The number of hydrogen-bond acceptors (Lipinski definition) is 6. The van der Waals surface area contributed by atoms with Gasteiger partial charge in [0.05, 0.1) is 25.1 Å². The molecule has 3 heterocycles. The van der Waals surface area contributed by atoms with Crippen molar-refractivity contribution in [1.82, 2.24) is 14.0 Å². The highest BCUT2D eigenvalue weighted by Gasteiger charge is 2.92. The minimum Gasteiger partial charge on any atom is -0.324 e. The average molecular weight is 1300 g/mol. The van der Waals surface area contributed by atoms with Crippen molar-refractivity contribution in [3.63, 3.8) is 0 Å². The first-order chi connectivity index (χ1) is 36.6. The first-order valence-electron chi connectivity index (χ1n) is 25.1. The molecule has 7 nitrogen and oxygen atoms in total. The van der Waals surface area contributed by atoms with Crippen LogP contribution in [0.1, 0.15) is 130 Å². The van der Waals surface area contributed by atoms with Crippen molar-refractivity contribution in [2.24, 2.45) is 0 Å². The molecule has 0 spiro atoms. The van der Waals surface area contributed by atoms with E-state index in [1.807, 2.05) is 13.8 Å². The number of quaternary nitrogens is 1. The Morgan fingerprint density at radius 3 is 1.28 bits per heavy atom. The monoisotopic (exact) mass is 1300 g/mol. The summed E-state index contributed by atoms with van der Waals surface area (Å²) in [4.78, 5) is 1.88. The van der Waals surface area contributed by atoms with Crippen molar-refractivity contribution in [3.05, 3.63) is 29.6 Å². The molecule has 81 heavy (non-hydrogen) atoms. The molecular formula is C45H63F26N4O3S3+. The Kier molecular flexibility index (Phi) is 28.0. The maximum atomic E-state index is 14.3. The molecule has 0 bridgehead atoms. The van der Waals surface area contributed by atoms with E-state index in [0.717, 1.165) is 97.6 Å². The van der Waals surface area contributed by atoms with Crippen molar-refractivity contribution >= 4 is 34.1 Å². The lowest BCUT2D eigenvalue weighted by molar-refractivity contribution is -0.860. The number of aromatic nitrogens is 2. The molecule has 2 unspecified atom stereocenters. The van der Waals surface area contributed by atoms with Crippen LogP contribution in [0.3, 0.4) is 0 Å². The van der Waals surface area contributed by atoms with Crippen LogP contribution in [0.25, 0.3) is 0 Å². The Morgan fingerprint density at radius 2 is 0.901 bits per heavy atom. The summed E-state index contributed by atoms with van der Waals surface area (Å²) in [6, 6.07) is 0. The van der Waals surface area contributed by atoms with E-state index < -0.39 is 113 Å². The van der Waals surface area contributed by atoms with Gasteiger partial charge in [0.2, 0.25) is 5.50 Å². The second kappa shape index (κ2) is 29.6. The van der Waals surface area contributed by atoms with Crippen LogP contribution in [0, 0.1) is 4.77 Å². The predicted octanol–water partition coefficient (Wildman–Crippen LogP) is 16.2. The maximum Gasteiger partial charge on any atom is 0.460 e. The van der Waals surface area contributed by atoms with E-state index in [4.69, 9.17) is 12.2 Å². The fourth-order valence-corrected chi connectivity index (χ4v) is 10.1. The van der Waals surface area contributed by atoms with Gasteiger partial charge in [-0.15, -0.1) is 0 Å². The lowest BCUT2D eigenvalue weighted by atomic mass is 9.92. The third kappa shape index (κ3) is 18.2. The lowest BCUT2D eigenvalue weighted by Gasteiger charge is -2.40. The van der Waals surface area contributed by atoms with Crippen LogP contribution in [0.15, 0.2) is 24.8 Å². The van der Waals surface area contributed by atoms with Crippen LogP contribution >= 0.6 is 24.0 Å². The summed E-state index contributed by atoms with van der Waals surface area (Å²) in [5, 5.41) is 0. The van der Waals surface area contributed by atoms with Gasteiger partial charge < -0.3 is 14.0 Å². The topological polar surface area (TPSA) is 60.9 Å². The Bertz CT molecular complexity index is 2230. The molecule has 2 atom stereocenters. The number of unbranched alkanes of at least 4 members (excludes halogenated alkanes) is 11. The van der Waals surface area contributed by atoms with E-state index in [-0.39, 0.29) is 10.5 Å². The van der Waals surface area contributed by atoms with E-state index in [1.54, 1.807) is 6.20 Å². The van der Waals surface area contributed by atoms with Gasteiger partial charge in [0.1, 0.15) is 6.20 Å². The fraction of sp³-hybridized carbons (Fsp3) is 0.889. The molecular weight excluding hydrogens is 1230 g/mol. The molecule has 0 aromatic carbocycles. The van der Waals surface area contributed by atoms with Crippen molar-refractivity contribution < 1.29 is 132 Å². The van der Waals surface area contributed by atoms with Crippen LogP contribution in [0.2, 0.25) is 0 Å². The van der Waals surface area contributed by atoms with Gasteiger partial charge in [-0.2, -0.15) is 123 Å². The van der Waals surface area contributed by atoms with Gasteiger partial charge in [-0.3, -0.25) is 9.08 Å². The summed E-state index contributed by atoms with van der Waals surface area (Å²) in [6.07, 6.45) is -0.988. The normalized spacial score (nSPS) is 18.3. The maximum absolute atomic E-state index is 14.3. The zero-order valence-electron chi connectivity index (χ0n) is 43.5. The number of thioether (sulfide) groups is 1. The number of rotatable bonds is 32. The van der Waals surface area contributed by atoms with E-state index in [1.165, 1.54) is 28.7 Å². The first kappa shape index (κ1) is 76.4. The Morgan fingerprint density at radius 1 is 0.519 bits per heavy atom. The number of halogens is 26. The van der Waals surface area contributed by atoms with Crippen molar-refractivity contribution in [1.29, 1.82) is 0 Å². The molecule has 1 saturated heterocycles. The Labute approximate surface area is 459 Å². The van der Waals surface area contributed by atoms with Crippen molar-refractivity contribution in [2.75, 3.05) is 31.2 Å². The standard InChI is InChI=1S/C23H33F13N2S.C19H23F13N2S.C3H6O3S/c1-3-5-7-8-9-10-12-37-14-15-38(17(37)39-16-6-4-2)13-11-18(24,25)19(26,27)20(28,29)21(30,31)22(32,33)23(34,35)36;1-2-3-4-5-6-7-9-33-11-12-34(13(33)35)10-8-14(20,21)15(22,23)16(24,25)17(26,27)18(28,29)19(30,31)32;4-7(5)3-1-2-6-7/h14-15,17H,3-13,16H2,1-2H3;11-12H,2-10H2,1H3;1-3H2/p+1. The number of imidazole rings is 1. The molecule has 1 fully saturated rings. The third-order valence-corrected chi connectivity index (χ3v) is 15.7. The number of aryl methyl sites for hydroxylation is 2. The SMILES string of the molecule is CCCCCCCC[NH+]1C=CN(CCC(F)(F)C(F)(F)C(F)(F)C(F)(F)C(F)(F)C(F)(F)F)C1SCCCC.CCCCCCCCn1ccn(CCC(F)(F)C(F)(F)C(F)(F)C(F)(F)C(F)(F)C(F)(F)F)c1=S.O=S1(=O)CCCO1. The van der Waals surface area contributed by atoms with E-state index in [9.17, 15) is 123 Å². The lowest BCUT2D eigenvalue weighted by Crippen LogP contribution is -3.10. The minimum atomic E-state index is -7.89. The van der Waals surface area contributed by atoms with Gasteiger partial charge in [0.15, 0.2) is 4.77 Å². The first-order valence-corrected chi connectivity index (χ1v) is 28.1. The highest BCUT2D eigenvalue weighted by atomic mass is 32.2. The molecule has 0 saturated carbocycles. The number of alkyl halides is 26. The third-order valence-electron chi connectivity index (χ3n) is 12.5. The molecule has 1 aromatic rings. The van der Waals surface area contributed by atoms with E-state index in [0.29, 0.717) is 44.7 Å². The molecule has 0 radical (unpaired) electrons. The van der Waals surface area contributed by atoms with Crippen LogP contribution in [0.4, 0.5) is 114 Å². The summed E-state index contributed by atoms with van der Waals surface area (Å²) in [5.74, 6) is -72.7. The number of hydrogen-bond donors (Lipinski definition) is 1. The average Bonchev–Trinajstić information content (AvgIpc) is 4.05. The smallest absolute Gasteiger partial charge is 0.324 e. The quantitative estimate of drug-likeness (QED) is 0.0336. The van der Waals surface area contributed by atoms with E-state index >= 15 is 0 Å². The van der Waals surface area contributed by atoms with E-state index in [2.05, 4.69) is 11.1 Å². The zero-order chi connectivity index (χ0) is 63.2. The molecule has 36 heteroatoms. The Hall–Kier alpha value is -2.63. The summed E-state index contributed by atoms with van der Waals surface area (Å²) in [6.45, 7) is 4.87.